The second-order valence-electron chi connectivity index (χ2n) is 5.98. The van der Waals surface area contributed by atoms with Gasteiger partial charge in [-0.25, -0.2) is 0 Å². The molecule has 28 heavy (non-hydrogen) atoms. The topological polar surface area (TPSA) is 136 Å². The van der Waals surface area contributed by atoms with Crippen molar-refractivity contribution in [3.63, 3.8) is 0 Å². The van der Waals surface area contributed by atoms with Gasteiger partial charge in [0.2, 0.25) is 0 Å². The van der Waals surface area contributed by atoms with Gasteiger partial charge in [-0.2, -0.15) is 5.01 Å². The summed E-state index contributed by atoms with van der Waals surface area (Å²) in [6.45, 7) is 0. The Bertz CT molecular complexity index is 1160. The molecular weight excluding hydrogens is 368 g/mol. The van der Waals surface area contributed by atoms with E-state index in [0.717, 1.165) is 23.6 Å². The minimum absolute atomic E-state index is 0.219. The zero-order chi connectivity index (χ0) is 20.0. The smallest absolute Gasteiger partial charge is 0.282 e. The normalized spacial score (nSPS) is 12.9. The first-order valence-electron chi connectivity index (χ1n) is 7.98. The monoisotopic (exact) mass is 378 g/mol. The molecule has 0 saturated heterocycles. The molecule has 0 atom stereocenters. The summed E-state index contributed by atoms with van der Waals surface area (Å²) < 4.78 is 0. The van der Waals surface area contributed by atoms with Crippen LogP contribution in [0.25, 0.3) is 10.8 Å². The summed E-state index contributed by atoms with van der Waals surface area (Å²) >= 11 is 0. The Hall–Kier alpha value is -4.34. The quantitative estimate of drug-likeness (QED) is 0.418. The number of imide groups is 1. The van der Waals surface area contributed by atoms with Crippen molar-refractivity contribution in [1.29, 1.82) is 0 Å². The fourth-order valence-electron chi connectivity index (χ4n) is 3.13. The molecule has 4 rings (SSSR count). The summed E-state index contributed by atoms with van der Waals surface area (Å²) in [7, 11) is 0. The summed E-state index contributed by atoms with van der Waals surface area (Å²) in [4.78, 5) is 46.3. The van der Waals surface area contributed by atoms with E-state index in [4.69, 9.17) is 0 Å². The van der Waals surface area contributed by atoms with Crippen molar-refractivity contribution >= 4 is 39.6 Å². The zero-order valence-electron chi connectivity index (χ0n) is 14.0. The van der Waals surface area contributed by atoms with E-state index in [1.54, 1.807) is 36.4 Å². The number of non-ortho nitro benzene ring substituents is 1. The number of amides is 2. The van der Waals surface area contributed by atoms with E-state index in [1.807, 2.05) is 0 Å². The first-order chi connectivity index (χ1) is 13.4. The maximum absolute atomic E-state index is 12.8. The lowest BCUT2D eigenvalue weighted by atomic mass is 9.95. The van der Waals surface area contributed by atoms with E-state index in [2.05, 4.69) is 5.43 Å². The average molecular weight is 378 g/mol. The van der Waals surface area contributed by atoms with Crippen molar-refractivity contribution in [3.05, 3.63) is 86.0 Å². The van der Waals surface area contributed by atoms with Gasteiger partial charge in [-0.15, -0.1) is 0 Å². The predicted molar refractivity (Wildman–Crippen MR) is 97.8 cm³/mol. The number of nitro benzene ring substituents is 2. The Morgan fingerprint density at radius 1 is 0.821 bits per heavy atom. The molecule has 0 fully saturated rings. The maximum atomic E-state index is 12.8. The average Bonchev–Trinajstić information content (AvgIpc) is 2.69. The van der Waals surface area contributed by atoms with Crippen LogP contribution >= 0.6 is 0 Å². The molecule has 0 spiro atoms. The summed E-state index contributed by atoms with van der Waals surface area (Å²) in [5, 5.41) is 24.1. The van der Waals surface area contributed by atoms with Crippen LogP contribution < -0.4 is 5.43 Å². The molecule has 1 aliphatic rings. The van der Waals surface area contributed by atoms with Crippen LogP contribution in [-0.2, 0) is 0 Å². The summed E-state index contributed by atoms with van der Waals surface area (Å²) in [6.07, 6.45) is 0. The maximum Gasteiger partial charge on any atom is 0.300 e. The Labute approximate surface area is 156 Å². The van der Waals surface area contributed by atoms with Crippen molar-refractivity contribution in [2.24, 2.45) is 0 Å². The number of benzene rings is 3. The van der Waals surface area contributed by atoms with Crippen molar-refractivity contribution in [3.8, 4) is 0 Å². The number of nitro groups is 2. The molecule has 1 aliphatic heterocycles. The van der Waals surface area contributed by atoms with Crippen LogP contribution in [0.3, 0.4) is 0 Å². The Balaban J connectivity index is 1.80. The fraction of sp³-hybridized carbons (Fsp3) is 0. The molecule has 0 radical (unpaired) electrons. The van der Waals surface area contributed by atoms with Crippen molar-refractivity contribution < 1.29 is 19.4 Å². The summed E-state index contributed by atoms with van der Waals surface area (Å²) in [5.74, 6) is -1.36. The minimum Gasteiger partial charge on any atom is -0.282 e. The molecular formula is C18H10N4O6. The summed E-state index contributed by atoms with van der Waals surface area (Å²) in [6, 6.07) is 12.9. The number of nitrogens with zero attached hydrogens (tertiary/aromatic N) is 3. The number of hydrazine groups is 1. The van der Waals surface area contributed by atoms with Crippen LogP contribution in [0.2, 0.25) is 0 Å². The lowest BCUT2D eigenvalue weighted by Crippen LogP contribution is -2.44. The van der Waals surface area contributed by atoms with Crippen LogP contribution in [-0.4, -0.2) is 26.7 Å². The number of hydrogen-bond acceptors (Lipinski definition) is 7. The zero-order valence-corrected chi connectivity index (χ0v) is 14.0. The lowest BCUT2D eigenvalue weighted by molar-refractivity contribution is -0.393. The number of hydrogen-bond donors (Lipinski definition) is 1. The Morgan fingerprint density at radius 3 is 1.96 bits per heavy atom. The molecule has 0 aliphatic carbocycles. The second-order valence-corrected chi connectivity index (χ2v) is 5.98. The van der Waals surface area contributed by atoms with Crippen molar-refractivity contribution in [2.75, 3.05) is 5.43 Å². The van der Waals surface area contributed by atoms with Crippen molar-refractivity contribution in [1.82, 2.24) is 5.01 Å². The third-order valence-corrected chi connectivity index (χ3v) is 4.39. The highest BCUT2D eigenvalue weighted by Gasteiger charge is 2.34. The van der Waals surface area contributed by atoms with Gasteiger partial charge < -0.3 is 0 Å². The number of carbonyl (C=O) groups is 2. The van der Waals surface area contributed by atoms with Gasteiger partial charge in [-0.3, -0.25) is 35.2 Å². The van der Waals surface area contributed by atoms with Gasteiger partial charge in [-0.05, 0) is 23.6 Å². The van der Waals surface area contributed by atoms with Crippen LogP contribution in [0.15, 0.2) is 54.6 Å². The van der Waals surface area contributed by atoms with Gasteiger partial charge in [0.25, 0.3) is 17.5 Å². The molecule has 0 unspecified atom stereocenters. The molecule has 0 bridgehead atoms. The molecule has 0 saturated carbocycles. The highest BCUT2D eigenvalue weighted by molar-refractivity contribution is 6.25. The van der Waals surface area contributed by atoms with E-state index < -0.39 is 33.0 Å². The van der Waals surface area contributed by atoms with Gasteiger partial charge in [0.15, 0.2) is 0 Å². The summed E-state index contributed by atoms with van der Waals surface area (Å²) in [5.41, 5.74) is 1.65. The highest BCUT2D eigenvalue weighted by Crippen LogP contribution is 2.33. The molecule has 1 N–H and O–H groups in total. The highest BCUT2D eigenvalue weighted by atomic mass is 16.6. The van der Waals surface area contributed by atoms with Crippen LogP contribution in [0.4, 0.5) is 17.1 Å². The van der Waals surface area contributed by atoms with Crippen LogP contribution in [0.5, 0.6) is 0 Å². The molecule has 2 amide bonds. The lowest BCUT2D eigenvalue weighted by Gasteiger charge is -2.27. The number of carbonyl (C=O) groups excluding carboxylic acids is 2. The molecule has 3 aromatic rings. The molecule has 138 valence electrons. The molecule has 3 aromatic carbocycles. The number of rotatable bonds is 4. The number of nitrogens with one attached hydrogen (secondary N) is 1. The van der Waals surface area contributed by atoms with Gasteiger partial charge in [0, 0.05) is 11.5 Å². The predicted octanol–water partition coefficient (Wildman–Crippen LogP) is 3.28. The van der Waals surface area contributed by atoms with Gasteiger partial charge in [0.1, 0.15) is 5.69 Å². The first-order valence-corrected chi connectivity index (χ1v) is 7.98. The van der Waals surface area contributed by atoms with Gasteiger partial charge in [0.05, 0.1) is 27.0 Å². The van der Waals surface area contributed by atoms with E-state index >= 15 is 0 Å². The molecule has 10 heteroatoms. The minimum atomic E-state index is -0.830. The molecule has 1 heterocycles. The van der Waals surface area contributed by atoms with E-state index in [9.17, 15) is 29.8 Å². The molecule has 10 nitrogen and oxygen atoms in total. The third-order valence-electron chi connectivity index (χ3n) is 4.39. The fourth-order valence-corrected chi connectivity index (χ4v) is 3.13. The second kappa shape index (κ2) is 6.13. The largest absolute Gasteiger partial charge is 0.300 e. The molecule has 0 aromatic heterocycles. The van der Waals surface area contributed by atoms with E-state index in [-0.39, 0.29) is 16.8 Å². The van der Waals surface area contributed by atoms with Gasteiger partial charge in [-0.1, -0.05) is 24.3 Å². The van der Waals surface area contributed by atoms with Crippen molar-refractivity contribution in [2.45, 2.75) is 0 Å². The Kier molecular flexibility index (Phi) is 3.74. The standard InChI is InChI=1S/C18H10N4O6/c23-17-12-5-1-3-10-4-2-6-13(16(10)12)18(24)20(17)19-14-8-7-11(21(25)26)9-15(14)22(27)28/h1-9,19H. The van der Waals surface area contributed by atoms with E-state index in [1.165, 1.54) is 0 Å². The SMILES string of the molecule is O=C1c2cccc3cccc(c23)C(=O)N1Nc1ccc([N+](=O)[O-])cc1[N+](=O)[O-]. The third kappa shape index (κ3) is 2.51. The van der Waals surface area contributed by atoms with E-state index in [0.29, 0.717) is 10.4 Å². The number of anilines is 1. The Morgan fingerprint density at radius 2 is 1.43 bits per heavy atom. The van der Waals surface area contributed by atoms with Gasteiger partial charge >= 0.3 is 5.69 Å². The van der Waals surface area contributed by atoms with Crippen LogP contribution in [0.1, 0.15) is 20.7 Å². The van der Waals surface area contributed by atoms with Crippen LogP contribution in [0, 0.1) is 20.2 Å². The first kappa shape index (κ1) is 17.1.